The van der Waals surface area contributed by atoms with E-state index in [1.165, 1.54) is 25.3 Å². The lowest BCUT2D eigenvalue weighted by molar-refractivity contribution is -0.188. The van der Waals surface area contributed by atoms with Crippen molar-refractivity contribution in [2.24, 2.45) is 0 Å². The molecule has 0 bridgehead atoms. The molecule has 0 radical (unpaired) electrons. The van der Waals surface area contributed by atoms with E-state index in [2.05, 4.69) is 6.92 Å². The third-order valence-corrected chi connectivity index (χ3v) is 6.22. The molecule has 1 aliphatic heterocycles. The van der Waals surface area contributed by atoms with Gasteiger partial charge in [0, 0.05) is 5.56 Å². The minimum atomic E-state index is -3.59. The standard InChI is InChI=1S/C28H29F3O/c1-3-4-5-6-7-8-9-21-14-17-24-23-16-15-22(20-12-10-19(2)11-13-20)18-25(23)28(30,31)32-27(24)26(21)29/h10-18H,3-9H2,1-2H3. The van der Waals surface area contributed by atoms with Gasteiger partial charge < -0.3 is 4.74 Å². The number of aryl methyl sites for hydroxylation is 2. The maximum atomic E-state index is 15.1. The van der Waals surface area contributed by atoms with Crippen LogP contribution >= 0.6 is 0 Å². The van der Waals surface area contributed by atoms with E-state index in [1.54, 1.807) is 24.3 Å². The second-order valence-corrected chi connectivity index (χ2v) is 8.68. The van der Waals surface area contributed by atoms with Crippen molar-refractivity contribution in [3.05, 3.63) is 77.1 Å². The van der Waals surface area contributed by atoms with Gasteiger partial charge >= 0.3 is 6.11 Å². The Kier molecular flexibility index (Phi) is 6.59. The molecule has 1 heterocycles. The highest BCUT2D eigenvalue weighted by Gasteiger charge is 2.43. The Balaban J connectivity index is 1.61. The van der Waals surface area contributed by atoms with Crippen LogP contribution in [0.5, 0.6) is 5.75 Å². The van der Waals surface area contributed by atoms with Crippen LogP contribution < -0.4 is 4.74 Å². The zero-order chi connectivity index (χ0) is 22.7. The lowest BCUT2D eigenvalue weighted by Crippen LogP contribution is -2.27. The van der Waals surface area contributed by atoms with Crippen LogP contribution in [0.4, 0.5) is 13.2 Å². The molecule has 0 unspecified atom stereocenters. The molecule has 1 nitrogen and oxygen atoms in total. The first-order valence-corrected chi connectivity index (χ1v) is 11.5. The van der Waals surface area contributed by atoms with E-state index in [-0.39, 0.29) is 11.3 Å². The molecule has 0 amide bonds. The summed E-state index contributed by atoms with van der Waals surface area (Å²) in [4.78, 5) is 0. The maximum absolute atomic E-state index is 15.1. The van der Waals surface area contributed by atoms with Gasteiger partial charge in [-0.1, -0.05) is 93.1 Å². The van der Waals surface area contributed by atoms with Crippen LogP contribution in [0, 0.1) is 12.7 Å². The Bertz CT molecular complexity index is 1090. The summed E-state index contributed by atoms with van der Waals surface area (Å²) in [6, 6.07) is 16.0. The average molecular weight is 439 g/mol. The number of hydrogen-bond donors (Lipinski definition) is 0. The number of halogens is 3. The number of rotatable bonds is 8. The largest absolute Gasteiger partial charge is 0.427 e. The van der Waals surface area contributed by atoms with Crippen molar-refractivity contribution in [1.82, 2.24) is 0 Å². The Hall–Kier alpha value is -2.75. The van der Waals surface area contributed by atoms with Crippen molar-refractivity contribution in [3.63, 3.8) is 0 Å². The highest BCUT2D eigenvalue weighted by molar-refractivity contribution is 5.80. The molecule has 3 aromatic carbocycles. The van der Waals surface area contributed by atoms with Crippen molar-refractivity contribution in [2.45, 2.75) is 64.9 Å². The molecule has 0 fully saturated rings. The van der Waals surface area contributed by atoms with Gasteiger partial charge in [0.1, 0.15) is 0 Å². The normalized spacial score (nSPS) is 13.9. The van der Waals surface area contributed by atoms with Crippen LogP contribution in [0.3, 0.4) is 0 Å². The van der Waals surface area contributed by atoms with Gasteiger partial charge in [-0.15, -0.1) is 0 Å². The van der Waals surface area contributed by atoms with Crippen molar-refractivity contribution >= 4 is 0 Å². The third-order valence-electron chi connectivity index (χ3n) is 6.22. The Morgan fingerprint density at radius 3 is 2.19 bits per heavy atom. The zero-order valence-corrected chi connectivity index (χ0v) is 18.7. The molecule has 0 atom stereocenters. The average Bonchev–Trinajstić information content (AvgIpc) is 2.78. The number of fused-ring (bicyclic) bond motifs is 3. The molecular formula is C28H29F3O. The molecule has 1 aliphatic rings. The fourth-order valence-corrected chi connectivity index (χ4v) is 4.33. The molecule has 0 spiro atoms. The molecule has 0 aliphatic carbocycles. The first-order valence-electron chi connectivity index (χ1n) is 11.5. The summed E-state index contributed by atoms with van der Waals surface area (Å²) < 4.78 is 50.1. The third kappa shape index (κ3) is 4.55. The van der Waals surface area contributed by atoms with Crippen LogP contribution in [-0.4, -0.2) is 0 Å². The van der Waals surface area contributed by atoms with Gasteiger partial charge in [-0.25, -0.2) is 4.39 Å². The second-order valence-electron chi connectivity index (χ2n) is 8.68. The van der Waals surface area contributed by atoms with Crippen molar-refractivity contribution in [3.8, 4) is 28.0 Å². The van der Waals surface area contributed by atoms with E-state index in [4.69, 9.17) is 4.74 Å². The summed E-state index contributed by atoms with van der Waals surface area (Å²) in [7, 11) is 0. The lowest BCUT2D eigenvalue weighted by Gasteiger charge is -2.29. The van der Waals surface area contributed by atoms with Gasteiger partial charge in [0.2, 0.25) is 0 Å². The molecule has 4 heteroatoms. The van der Waals surface area contributed by atoms with Gasteiger partial charge in [-0.2, -0.15) is 8.78 Å². The van der Waals surface area contributed by atoms with Gasteiger partial charge in [0.25, 0.3) is 0 Å². The highest BCUT2D eigenvalue weighted by atomic mass is 19.3. The Morgan fingerprint density at radius 1 is 0.781 bits per heavy atom. The maximum Gasteiger partial charge on any atom is 0.427 e. The summed E-state index contributed by atoms with van der Waals surface area (Å²) in [5.74, 6) is -1.00. The van der Waals surface area contributed by atoms with Crippen molar-refractivity contribution in [1.29, 1.82) is 0 Å². The number of unbranched alkanes of at least 4 members (excludes halogenated alkanes) is 5. The fourth-order valence-electron chi connectivity index (χ4n) is 4.33. The summed E-state index contributed by atoms with van der Waals surface area (Å²) in [6.45, 7) is 4.14. The zero-order valence-electron chi connectivity index (χ0n) is 18.7. The first-order chi connectivity index (χ1) is 15.4. The minimum Gasteiger partial charge on any atom is -0.425 e. The molecule has 0 aromatic heterocycles. The van der Waals surface area contributed by atoms with Gasteiger partial charge in [-0.05, 0) is 48.1 Å². The number of alkyl halides is 2. The molecule has 0 saturated heterocycles. The summed E-state index contributed by atoms with van der Waals surface area (Å²) >= 11 is 0. The quantitative estimate of drug-likeness (QED) is 0.319. The van der Waals surface area contributed by atoms with Crippen molar-refractivity contribution in [2.75, 3.05) is 0 Å². The second kappa shape index (κ2) is 9.40. The number of ether oxygens (including phenoxy) is 1. The lowest BCUT2D eigenvalue weighted by atomic mass is 9.90. The summed E-state index contributed by atoms with van der Waals surface area (Å²) in [6.07, 6.45) is 3.47. The summed E-state index contributed by atoms with van der Waals surface area (Å²) in [5.41, 5.74) is 3.53. The Labute approximate surface area is 188 Å². The number of benzene rings is 3. The fraction of sp³-hybridized carbons (Fsp3) is 0.357. The predicted molar refractivity (Wildman–Crippen MR) is 124 cm³/mol. The van der Waals surface area contributed by atoms with Crippen molar-refractivity contribution < 1.29 is 17.9 Å². The van der Waals surface area contributed by atoms with E-state index < -0.39 is 11.9 Å². The van der Waals surface area contributed by atoms with Crippen LogP contribution in [0.1, 0.15) is 62.1 Å². The smallest absolute Gasteiger partial charge is 0.425 e. The minimum absolute atomic E-state index is 0.230. The van der Waals surface area contributed by atoms with E-state index in [0.717, 1.165) is 30.4 Å². The predicted octanol–water partition coefficient (Wildman–Crippen LogP) is 8.81. The van der Waals surface area contributed by atoms with Crippen LogP contribution in [0.2, 0.25) is 0 Å². The van der Waals surface area contributed by atoms with Crippen LogP contribution in [-0.2, 0) is 12.5 Å². The first kappa shape index (κ1) is 22.4. The van der Waals surface area contributed by atoms with Crippen LogP contribution in [0.15, 0.2) is 54.6 Å². The van der Waals surface area contributed by atoms with Gasteiger partial charge in [0.15, 0.2) is 11.6 Å². The highest BCUT2D eigenvalue weighted by Crippen LogP contribution is 2.49. The molecular weight excluding hydrogens is 409 g/mol. The molecule has 32 heavy (non-hydrogen) atoms. The van der Waals surface area contributed by atoms with E-state index >= 15 is 4.39 Å². The van der Waals surface area contributed by atoms with E-state index in [0.29, 0.717) is 28.7 Å². The molecule has 0 N–H and O–H groups in total. The molecule has 3 aromatic rings. The molecule has 4 rings (SSSR count). The van der Waals surface area contributed by atoms with Crippen LogP contribution in [0.25, 0.3) is 22.3 Å². The van der Waals surface area contributed by atoms with E-state index in [9.17, 15) is 8.78 Å². The monoisotopic (exact) mass is 438 g/mol. The van der Waals surface area contributed by atoms with E-state index in [1.807, 2.05) is 31.2 Å². The SMILES string of the molecule is CCCCCCCCc1ccc2c(c1F)OC(F)(F)c1cc(-c3ccc(C)cc3)ccc1-2. The molecule has 168 valence electrons. The topological polar surface area (TPSA) is 9.23 Å². The van der Waals surface area contributed by atoms with Gasteiger partial charge in [0.05, 0.1) is 5.56 Å². The van der Waals surface area contributed by atoms with Gasteiger partial charge in [-0.3, -0.25) is 0 Å². The number of hydrogen-bond acceptors (Lipinski definition) is 1. The Morgan fingerprint density at radius 2 is 1.44 bits per heavy atom. The summed E-state index contributed by atoms with van der Waals surface area (Å²) in [5, 5.41) is 0. The molecule has 0 saturated carbocycles.